The molecule has 0 fully saturated rings. The van der Waals surface area contributed by atoms with Gasteiger partial charge in [-0.05, 0) is 48.2 Å². The quantitative estimate of drug-likeness (QED) is 0.170. The number of amides is 1. The Bertz CT molecular complexity index is 1690. The number of fused-ring (bicyclic) bond motifs is 1. The highest BCUT2D eigenvalue weighted by Crippen LogP contribution is 2.40. The van der Waals surface area contributed by atoms with Crippen molar-refractivity contribution in [1.82, 2.24) is 0 Å². The average Bonchev–Trinajstić information content (AvgIpc) is 2.83. The van der Waals surface area contributed by atoms with E-state index in [0.717, 1.165) is 6.07 Å². The second kappa shape index (κ2) is 10.3. The Morgan fingerprint density at radius 1 is 1.03 bits per heavy atom. The molecule has 0 aliphatic heterocycles. The molecule has 0 spiro atoms. The zero-order valence-electron chi connectivity index (χ0n) is 19.4. The number of aromatic hydroxyl groups is 1. The summed E-state index contributed by atoms with van der Waals surface area (Å²) in [6.07, 6.45) is 0. The van der Waals surface area contributed by atoms with Gasteiger partial charge in [-0.25, -0.2) is 0 Å². The Kier molecular flexibility index (Phi) is 7.37. The monoisotopic (exact) mass is 559 g/mol. The largest absolute Gasteiger partial charge is 0.505 e. The number of anilines is 1. The number of phenols is 1. The van der Waals surface area contributed by atoms with Crippen molar-refractivity contribution < 1.29 is 27.6 Å². The second-order valence-corrected chi connectivity index (χ2v) is 10.1. The van der Waals surface area contributed by atoms with Gasteiger partial charge in [0, 0.05) is 22.2 Å². The first-order valence-electron chi connectivity index (χ1n) is 10.6. The van der Waals surface area contributed by atoms with Gasteiger partial charge in [0.15, 0.2) is 5.75 Å². The summed E-state index contributed by atoms with van der Waals surface area (Å²) in [5.74, 6) is -0.655. The molecule has 37 heavy (non-hydrogen) atoms. The number of aryl methyl sites for hydroxylation is 1. The molecule has 4 rings (SSSR count). The third-order valence-electron chi connectivity index (χ3n) is 5.35. The van der Waals surface area contributed by atoms with Crippen LogP contribution in [-0.4, -0.2) is 31.1 Å². The lowest BCUT2D eigenvalue weighted by atomic mass is 10.0. The fourth-order valence-corrected chi connectivity index (χ4v) is 4.90. The van der Waals surface area contributed by atoms with Crippen LogP contribution in [0.25, 0.3) is 10.8 Å². The number of azo groups is 1. The molecule has 0 aromatic heterocycles. The van der Waals surface area contributed by atoms with Crippen molar-refractivity contribution in [2.75, 3.05) is 12.4 Å². The third kappa shape index (κ3) is 5.67. The van der Waals surface area contributed by atoms with E-state index in [2.05, 4.69) is 15.5 Å². The van der Waals surface area contributed by atoms with E-state index in [4.69, 9.17) is 27.9 Å². The molecule has 0 unspecified atom stereocenters. The standard InChI is InChI=1S/C25H19Cl2N3O6S/c1-13-7-17(12-21(22(13)27)37(33,34)35)29-30-23-19-6-4-3-5-14(19)8-20(24(23)31)25(32)28-16-9-15(26)10-18(11-16)36-2/h3-12,31H,1-2H3,(H,28,32)(H,33,34,35). The van der Waals surface area contributed by atoms with Gasteiger partial charge in [-0.3, -0.25) is 9.35 Å². The molecule has 4 aromatic rings. The van der Waals surface area contributed by atoms with E-state index in [-0.39, 0.29) is 22.0 Å². The zero-order valence-corrected chi connectivity index (χ0v) is 21.7. The summed E-state index contributed by atoms with van der Waals surface area (Å²) in [6.45, 7) is 1.54. The molecule has 1 amide bonds. The molecule has 190 valence electrons. The van der Waals surface area contributed by atoms with Crippen LogP contribution in [0.15, 0.2) is 75.8 Å². The fraction of sp³-hybridized carbons (Fsp3) is 0.0800. The van der Waals surface area contributed by atoms with Gasteiger partial charge in [-0.1, -0.05) is 47.5 Å². The van der Waals surface area contributed by atoms with Crippen LogP contribution in [0.5, 0.6) is 11.5 Å². The predicted octanol–water partition coefficient (Wildman–Crippen LogP) is 7.08. The molecule has 9 nitrogen and oxygen atoms in total. The Balaban J connectivity index is 1.80. The maximum atomic E-state index is 13.1. The molecule has 0 bridgehead atoms. The van der Waals surface area contributed by atoms with E-state index < -0.39 is 26.7 Å². The summed E-state index contributed by atoms with van der Waals surface area (Å²) in [7, 11) is -3.15. The van der Waals surface area contributed by atoms with Crippen molar-refractivity contribution in [3.05, 3.63) is 81.8 Å². The maximum absolute atomic E-state index is 13.1. The molecular weight excluding hydrogens is 541 g/mol. The first-order valence-corrected chi connectivity index (χ1v) is 12.8. The smallest absolute Gasteiger partial charge is 0.296 e. The molecule has 0 atom stereocenters. The van der Waals surface area contributed by atoms with E-state index in [1.165, 1.54) is 25.3 Å². The van der Waals surface area contributed by atoms with Gasteiger partial charge in [0.1, 0.15) is 16.3 Å². The number of halogens is 2. The Hall–Kier alpha value is -3.70. The molecule has 0 aliphatic rings. The molecule has 3 N–H and O–H groups in total. The van der Waals surface area contributed by atoms with Gasteiger partial charge in [0.2, 0.25) is 0 Å². The van der Waals surface area contributed by atoms with Crippen molar-refractivity contribution in [3.63, 3.8) is 0 Å². The van der Waals surface area contributed by atoms with E-state index in [0.29, 0.717) is 32.8 Å². The SMILES string of the molecule is COc1cc(Cl)cc(NC(=O)c2cc3ccccc3c(N=Nc3cc(C)c(Cl)c(S(=O)(=O)O)c3)c2O)c1. The molecule has 4 aromatic carbocycles. The van der Waals surface area contributed by atoms with Gasteiger partial charge >= 0.3 is 0 Å². The van der Waals surface area contributed by atoms with Crippen molar-refractivity contribution in [1.29, 1.82) is 0 Å². The lowest BCUT2D eigenvalue weighted by Crippen LogP contribution is -2.12. The molecular formula is C25H19Cl2N3O6S. The van der Waals surface area contributed by atoms with Crippen LogP contribution in [0.1, 0.15) is 15.9 Å². The number of rotatable bonds is 6. The minimum atomic E-state index is -4.61. The fourth-order valence-electron chi connectivity index (χ4n) is 3.62. The number of phenolic OH excluding ortho intramolecular Hbond substituents is 1. The first-order chi connectivity index (χ1) is 17.5. The molecule has 0 aliphatic carbocycles. The Morgan fingerprint density at radius 2 is 1.76 bits per heavy atom. The van der Waals surface area contributed by atoms with Crippen molar-refractivity contribution in [2.45, 2.75) is 11.8 Å². The minimum absolute atomic E-state index is 0.0204. The van der Waals surface area contributed by atoms with Crippen LogP contribution in [0.4, 0.5) is 17.1 Å². The van der Waals surface area contributed by atoms with Crippen LogP contribution in [0.2, 0.25) is 10.0 Å². The molecule has 0 saturated carbocycles. The molecule has 0 radical (unpaired) electrons. The molecule has 12 heteroatoms. The van der Waals surface area contributed by atoms with Crippen LogP contribution in [0.3, 0.4) is 0 Å². The van der Waals surface area contributed by atoms with Gasteiger partial charge in [0.05, 0.1) is 23.4 Å². The second-order valence-electron chi connectivity index (χ2n) is 7.93. The number of nitrogens with one attached hydrogen (secondary N) is 1. The van der Waals surface area contributed by atoms with Gasteiger partial charge in [0.25, 0.3) is 16.0 Å². The summed E-state index contributed by atoms with van der Waals surface area (Å²) in [5, 5.41) is 23.2. The van der Waals surface area contributed by atoms with E-state index >= 15 is 0 Å². The van der Waals surface area contributed by atoms with Crippen molar-refractivity contribution >= 4 is 67.1 Å². The number of nitrogens with zero attached hydrogens (tertiary/aromatic N) is 2. The molecule has 0 saturated heterocycles. The number of benzene rings is 4. The van der Waals surface area contributed by atoms with E-state index in [1.54, 1.807) is 43.3 Å². The normalized spacial score (nSPS) is 11.7. The van der Waals surface area contributed by atoms with Gasteiger partial charge in [-0.15, -0.1) is 5.11 Å². The summed E-state index contributed by atoms with van der Waals surface area (Å²) in [6, 6.07) is 15.6. The lowest BCUT2D eigenvalue weighted by molar-refractivity contribution is 0.102. The number of hydrogen-bond acceptors (Lipinski definition) is 7. The number of carbonyl (C=O) groups excluding carboxylic acids is 1. The van der Waals surface area contributed by atoms with Crippen LogP contribution < -0.4 is 10.1 Å². The van der Waals surface area contributed by atoms with E-state index in [9.17, 15) is 22.9 Å². The molecule has 0 heterocycles. The van der Waals surface area contributed by atoms with E-state index in [1.807, 2.05) is 0 Å². The number of methoxy groups -OCH3 is 1. The summed E-state index contributed by atoms with van der Waals surface area (Å²) in [4.78, 5) is 12.6. The summed E-state index contributed by atoms with van der Waals surface area (Å²) in [5.41, 5.74) is 0.633. The summed E-state index contributed by atoms with van der Waals surface area (Å²) >= 11 is 12.1. The van der Waals surface area contributed by atoms with Crippen molar-refractivity contribution in [2.24, 2.45) is 10.2 Å². The number of carbonyl (C=O) groups is 1. The highest BCUT2D eigenvalue weighted by atomic mass is 35.5. The van der Waals surface area contributed by atoms with Crippen LogP contribution in [-0.2, 0) is 10.1 Å². The Morgan fingerprint density at radius 3 is 2.46 bits per heavy atom. The van der Waals surface area contributed by atoms with Crippen LogP contribution >= 0.6 is 23.2 Å². The first kappa shape index (κ1) is 26.4. The van der Waals surface area contributed by atoms with Crippen molar-refractivity contribution in [3.8, 4) is 11.5 Å². The minimum Gasteiger partial charge on any atom is -0.505 e. The third-order valence-corrected chi connectivity index (χ3v) is 7.06. The highest BCUT2D eigenvalue weighted by molar-refractivity contribution is 7.86. The number of ether oxygens (including phenoxy) is 1. The number of hydrogen-bond donors (Lipinski definition) is 3. The average molecular weight is 560 g/mol. The lowest BCUT2D eigenvalue weighted by Gasteiger charge is -2.12. The highest BCUT2D eigenvalue weighted by Gasteiger charge is 2.20. The van der Waals surface area contributed by atoms with Gasteiger partial charge in [-0.2, -0.15) is 13.5 Å². The van der Waals surface area contributed by atoms with Crippen LogP contribution in [0, 0.1) is 6.92 Å². The van der Waals surface area contributed by atoms with Gasteiger partial charge < -0.3 is 15.2 Å². The summed E-state index contributed by atoms with van der Waals surface area (Å²) < 4.78 is 38.0. The predicted molar refractivity (Wildman–Crippen MR) is 142 cm³/mol. The zero-order chi connectivity index (χ0) is 26.9. The maximum Gasteiger partial charge on any atom is 0.296 e. The topological polar surface area (TPSA) is 138 Å². The Labute approximate surface area is 222 Å².